The zero-order chi connectivity index (χ0) is 37.6. The minimum absolute atomic E-state index is 0.0216. The number of nitrogens with two attached hydrogens (primary N) is 3. The molecule has 0 saturated carbocycles. The number of nitrogen functional groups attached to an aromatic ring is 3. The molecule has 8 atom stereocenters. The van der Waals surface area contributed by atoms with E-state index in [0.29, 0.717) is 10.9 Å². The SMILES string of the molecule is Nc1nc2c(ncn2[C@]2(N=N[C@@]3(n4c(-c5cc(N)c6ccccc6n5)nc5c(=O)[nH]c(N)nc54)O[C@H](CO)[C@@H](O)[C@H]3O)O[C@H](CO)[C@@H](O)[C@H]2O)c(=O)[nH]1. The average Bonchev–Trinajstić information content (AvgIpc) is 3.86. The number of imidazole rings is 2. The van der Waals surface area contributed by atoms with Crippen molar-refractivity contribution in [1.29, 1.82) is 0 Å². The number of pyridine rings is 1. The van der Waals surface area contributed by atoms with Crippen LogP contribution in [0.3, 0.4) is 0 Å². The number of ether oxygens (including phenoxy) is 2. The standard InChI is InChI=1S/C29H30N14O10/c30-10-5-12(34-11-4-2-1-3-9(10)11)21-35-16-23(37-27(32)39-25(16)51)43(21)29(20(49)18(47)14(7-45)53-29)41-40-28(19(48)17(46)13(6-44)52-28)42-8-33-15-22(42)36-26(31)38-24(15)50/h1-5,8,13-14,17-20,44-49H,6-7H2,(H2,30,34)(H3,31,36,38,50)(H3,32,37,39,51)/t13-,14-,17-,18-,19-,20-,28+,29+/m1/s1. The number of aromatic amines is 2. The molecule has 1 aromatic carbocycles. The van der Waals surface area contributed by atoms with Crippen LogP contribution in [0.15, 0.2) is 56.5 Å². The lowest BCUT2D eigenvalue weighted by Gasteiger charge is -2.33. The molecule has 14 N–H and O–H groups in total. The van der Waals surface area contributed by atoms with Gasteiger partial charge >= 0.3 is 0 Å². The molecular weight excluding hydrogens is 704 g/mol. The highest BCUT2D eigenvalue weighted by Gasteiger charge is 2.61. The number of nitrogens with one attached hydrogen (secondary N) is 2. The van der Waals surface area contributed by atoms with E-state index in [0.717, 1.165) is 15.5 Å². The number of hydrogen-bond donors (Lipinski definition) is 11. The number of aromatic nitrogens is 9. The molecular formula is C29H30N14O10. The third-order valence-corrected chi connectivity index (χ3v) is 9.13. The molecule has 6 aromatic rings. The first kappa shape index (κ1) is 34.1. The number of para-hydroxylation sites is 1. The van der Waals surface area contributed by atoms with Gasteiger partial charge in [0.15, 0.2) is 40.4 Å². The summed E-state index contributed by atoms with van der Waals surface area (Å²) in [5, 5.41) is 74.9. The molecule has 0 bridgehead atoms. The third kappa shape index (κ3) is 4.89. The van der Waals surface area contributed by atoms with Crippen LogP contribution in [0.2, 0.25) is 0 Å². The van der Waals surface area contributed by atoms with E-state index in [-0.39, 0.29) is 45.5 Å². The van der Waals surface area contributed by atoms with Crippen molar-refractivity contribution in [3.63, 3.8) is 0 Å². The van der Waals surface area contributed by atoms with Crippen molar-refractivity contribution in [2.24, 2.45) is 10.2 Å². The molecule has 7 heterocycles. The summed E-state index contributed by atoms with van der Waals surface area (Å²) in [6.07, 6.45) is -10.2. The molecule has 24 nitrogen and oxygen atoms in total. The minimum atomic E-state index is -2.79. The van der Waals surface area contributed by atoms with Crippen LogP contribution in [0.5, 0.6) is 0 Å². The molecule has 53 heavy (non-hydrogen) atoms. The number of benzene rings is 1. The summed E-state index contributed by atoms with van der Waals surface area (Å²) >= 11 is 0. The van der Waals surface area contributed by atoms with Gasteiger partial charge in [0, 0.05) is 11.1 Å². The van der Waals surface area contributed by atoms with Crippen LogP contribution < -0.4 is 28.3 Å². The molecule has 2 aliphatic heterocycles. The average molecular weight is 735 g/mol. The van der Waals surface area contributed by atoms with Gasteiger partial charge in [-0.1, -0.05) is 18.2 Å². The van der Waals surface area contributed by atoms with Gasteiger partial charge in [-0.15, -0.1) is 10.2 Å². The first-order valence-corrected chi connectivity index (χ1v) is 15.7. The Morgan fingerprint density at radius 2 is 1.38 bits per heavy atom. The topological polar surface area (TPSA) is 383 Å². The Kier molecular flexibility index (Phi) is 7.75. The summed E-state index contributed by atoms with van der Waals surface area (Å²) in [5.41, 5.74) is 15.7. The number of H-pyrrole nitrogens is 2. The summed E-state index contributed by atoms with van der Waals surface area (Å²) in [5.74, 6) is -6.54. The van der Waals surface area contributed by atoms with Gasteiger partial charge in [-0.25, -0.2) is 15.0 Å². The van der Waals surface area contributed by atoms with Crippen molar-refractivity contribution >= 4 is 50.8 Å². The van der Waals surface area contributed by atoms with E-state index in [9.17, 15) is 40.2 Å². The van der Waals surface area contributed by atoms with Crippen molar-refractivity contribution in [2.75, 3.05) is 30.4 Å². The van der Waals surface area contributed by atoms with Gasteiger partial charge in [0.05, 0.1) is 18.7 Å². The van der Waals surface area contributed by atoms with Gasteiger partial charge in [-0.3, -0.25) is 28.7 Å². The Morgan fingerprint density at radius 1 is 0.792 bits per heavy atom. The lowest BCUT2D eigenvalue weighted by molar-refractivity contribution is -0.170. The highest BCUT2D eigenvalue weighted by atomic mass is 16.6. The normalized spacial score (nSPS) is 29.0. The van der Waals surface area contributed by atoms with Crippen LogP contribution in [-0.4, -0.2) is 124 Å². The van der Waals surface area contributed by atoms with E-state index in [2.05, 4.69) is 45.1 Å². The number of hydrogen-bond acceptors (Lipinski definition) is 20. The van der Waals surface area contributed by atoms with Crippen molar-refractivity contribution in [3.8, 4) is 11.5 Å². The van der Waals surface area contributed by atoms with Crippen LogP contribution in [-0.2, 0) is 21.2 Å². The molecule has 8 rings (SSSR count). The van der Waals surface area contributed by atoms with Crippen LogP contribution in [0.25, 0.3) is 44.7 Å². The monoisotopic (exact) mass is 734 g/mol. The fourth-order valence-electron chi connectivity index (χ4n) is 6.59. The molecule has 5 aromatic heterocycles. The van der Waals surface area contributed by atoms with Crippen molar-refractivity contribution < 1.29 is 40.1 Å². The smallest absolute Gasteiger partial charge is 0.294 e. The fourth-order valence-corrected chi connectivity index (χ4v) is 6.59. The fraction of sp³-hybridized carbons (Fsp3) is 0.345. The summed E-state index contributed by atoms with van der Waals surface area (Å²) < 4.78 is 13.9. The number of aliphatic hydroxyl groups excluding tert-OH is 6. The van der Waals surface area contributed by atoms with Gasteiger partial charge in [-0.2, -0.15) is 9.97 Å². The second-order valence-corrected chi connectivity index (χ2v) is 12.3. The van der Waals surface area contributed by atoms with E-state index in [4.69, 9.17) is 26.7 Å². The summed E-state index contributed by atoms with van der Waals surface area (Å²) in [6, 6.07) is 8.22. The Balaban J connectivity index is 1.45. The lowest BCUT2D eigenvalue weighted by atomic mass is 10.1. The maximum Gasteiger partial charge on any atom is 0.294 e. The molecule has 276 valence electrons. The zero-order valence-corrected chi connectivity index (χ0v) is 26.9. The summed E-state index contributed by atoms with van der Waals surface area (Å²) in [6.45, 7) is -1.74. The Labute approximate surface area is 292 Å². The number of azo groups is 1. The van der Waals surface area contributed by atoms with Gasteiger partial charge in [0.2, 0.25) is 11.9 Å². The van der Waals surface area contributed by atoms with Crippen molar-refractivity contribution in [1.82, 2.24) is 44.0 Å². The van der Waals surface area contributed by atoms with Gasteiger partial charge in [0.1, 0.15) is 36.4 Å². The Hall–Kier alpha value is -5.99. The number of nitrogens with zero attached hydrogens (tertiary/aromatic N) is 9. The van der Waals surface area contributed by atoms with Gasteiger partial charge < -0.3 is 57.3 Å². The number of aliphatic hydroxyl groups is 6. The molecule has 0 amide bonds. The number of fused-ring (bicyclic) bond motifs is 3. The molecule has 2 fully saturated rings. The Bertz CT molecular complexity index is 2570. The Morgan fingerprint density at radius 3 is 2.04 bits per heavy atom. The second-order valence-electron chi connectivity index (χ2n) is 12.3. The predicted octanol–water partition coefficient (Wildman–Crippen LogP) is -3.89. The van der Waals surface area contributed by atoms with Crippen LogP contribution in [0, 0.1) is 0 Å². The molecule has 0 spiro atoms. The second kappa shape index (κ2) is 12.0. The quantitative estimate of drug-likeness (QED) is 0.0698. The largest absolute Gasteiger partial charge is 0.398 e. The maximum absolute atomic E-state index is 13.3. The molecule has 2 aliphatic rings. The number of rotatable bonds is 7. The van der Waals surface area contributed by atoms with Crippen molar-refractivity contribution in [2.45, 2.75) is 48.3 Å². The summed E-state index contributed by atoms with van der Waals surface area (Å²) in [4.78, 5) is 52.0. The predicted molar refractivity (Wildman–Crippen MR) is 179 cm³/mol. The highest BCUT2D eigenvalue weighted by Crippen LogP contribution is 2.45. The van der Waals surface area contributed by atoms with E-state index < -0.39 is 78.6 Å². The lowest BCUT2D eigenvalue weighted by Crippen LogP contribution is -2.47. The molecule has 0 unspecified atom stereocenters. The van der Waals surface area contributed by atoms with E-state index in [1.807, 2.05) is 0 Å². The van der Waals surface area contributed by atoms with Crippen LogP contribution in [0.4, 0.5) is 17.6 Å². The molecule has 2 saturated heterocycles. The van der Waals surface area contributed by atoms with Gasteiger partial charge in [-0.05, 0) is 12.1 Å². The van der Waals surface area contributed by atoms with Crippen LogP contribution >= 0.6 is 0 Å². The van der Waals surface area contributed by atoms with Crippen LogP contribution in [0.1, 0.15) is 0 Å². The molecule has 0 radical (unpaired) electrons. The first-order valence-electron chi connectivity index (χ1n) is 15.7. The van der Waals surface area contributed by atoms with E-state index >= 15 is 0 Å². The van der Waals surface area contributed by atoms with E-state index in [1.165, 1.54) is 6.07 Å². The highest BCUT2D eigenvalue weighted by molar-refractivity contribution is 5.92. The number of anilines is 3. The summed E-state index contributed by atoms with van der Waals surface area (Å²) in [7, 11) is 0. The molecule has 0 aliphatic carbocycles. The van der Waals surface area contributed by atoms with E-state index in [1.54, 1.807) is 24.3 Å². The first-order chi connectivity index (χ1) is 25.3. The maximum atomic E-state index is 13.3. The van der Waals surface area contributed by atoms with Gasteiger partial charge in [0.25, 0.3) is 22.8 Å². The van der Waals surface area contributed by atoms with Crippen molar-refractivity contribution in [3.05, 3.63) is 57.4 Å². The molecule has 24 heteroatoms. The third-order valence-electron chi connectivity index (χ3n) is 9.13. The minimum Gasteiger partial charge on any atom is -0.398 e. The zero-order valence-electron chi connectivity index (χ0n) is 26.9.